The van der Waals surface area contributed by atoms with E-state index in [1.54, 1.807) is 6.07 Å². The average Bonchev–Trinajstić information content (AvgIpc) is 2.69. The molecule has 0 saturated carbocycles. The Morgan fingerprint density at radius 1 is 1.20 bits per heavy atom. The van der Waals surface area contributed by atoms with Gasteiger partial charge in [0.15, 0.2) is 0 Å². The van der Waals surface area contributed by atoms with Crippen molar-refractivity contribution in [2.75, 3.05) is 11.4 Å². The van der Waals surface area contributed by atoms with Crippen molar-refractivity contribution in [3.05, 3.63) is 47.3 Å². The van der Waals surface area contributed by atoms with Crippen LogP contribution in [-0.4, -0.2) is 16.5 Å². The van der Waals surface area contributed by atoms with E-state index in [9.17, 15) is 0 Å². The lowest BCUT2D eigenvalue weighted by Gasteiger charge is -2.23. The number of nitriles is 1. The van der Waals surface area contributed by atoms with E-state index in [4.69, 9.17) is 5.26 Å². The Bertz CT molecular complexity index is 672. The van der Waals surface area contributed by atoms with E-state index in [2.05, 4.69) is 39.1 Å². The van der Waals surface area contributed by atoms with E-state index in [1.165, 1.54) is 17.7 Å². The molecule has 0 spiro atoms. The fraction of sp³-hybridized carbons (Fsp3) is 0.312. The highest BCUT2D eigenvalue weighted by atomic mass is 15.3. The van der Waals surface area contributed by atoms with Gasteiger partial charge in [-0.25, -0.2) is 9.97 Å². The molecular formula is C16H16N4. The van der Waals surface area contributed by atoms with Crippen LogP contribution in [0.4, 0.5) is 11.6 Å². The van der Waals surface area contributed by atoms with E-state index in [0.717, 1.165) is 25.1 Å². The molecule has 4 nitrogen and oxygen atoms in total. The third-order valence-electron chi connectivity index (χ3n) is 3.56. The predicted molar refractivity (Wildman–Crippen MR) is 77.9 cm³/mol. The first-order valence-corrected chi connectivity index (χ1v) is 6.89. The zero-order valence-corrected chi connectivity index (χ0v) is 11.5. The van der Waals surface area contributed by atoms with Gasteiger partial charge in [-0.3, -0.25) is 0 Å². The highest BCUT2D eigenvalue weighted by Gasteiger charge is 2.19. The molecule has 3 rings (SSSR count). The number of rotatable bonds is 1. The fourth-order valence-electron chi connectivity index (χ4n) is 2.63. The smallest absolute Gasteiger partial charge is 0.231 e. The summed E-state index contributed by atoms with van der Waals surface area (Å²) < 4.78 is 0. The predicted octanol–water partition coefficient (Wildman–Crippen LogP) is 3.13. The number of anilines is 2. The van der Waals surface area contributed by atoms with Crippen molar-refractivity contribution in [1.29, 1.82) is 5.26 Å². The van der Waals surface area contributed by atoms with Crippen LogP contribution in [0.1, 0.15) is 29.8 Å². The molecule has 0 amide bonds. The Hall–Kier alpha value is -2.41. The molecular weight excluding hydrogens is 248 g/mol. The van der Waals surface area contributed by atoms with Crippen molar-refractivity contribution >= 4 is 11.6 Å². The Morgan fingerprint density at radius 3 is 2.90 bits per heavy atom. The van der Waals surface area contributed by atoms with Crippen LogP contribution in [0.25, 0.3) is 0 Å². The maximum absolute atomic E-state index is 9.08. The normalized spacial score (nSPS) is 14.3. The van der Waals surface area contributed by atoms with E-state index in [-0.39, 0.29) is 0 Å². The summed E-state index contributed by atoms with van der Waals surface area (Å²) in [5, 5.41) is 9.08. The summed E-state index contributed by atoms with van der Waals surface area (Å²) >= 11 is 0. The van der Waals surface area contributed by atoms with Crippen molar-refractivity contribution in [3.63, 3.8) is 0 Å². The third-order valence-corrected chi connectivity index (χ3v) is 3.56. The van der Waals surface area contributed by atoms with Gasteiger partial charge in [-0.1, -0.05) is 18.2 Å². The van der Waals surface area contributed by atoms with Crippen molar-refractivity contribution in [3.8, 4) is 6.07 Å². The van der Waals surface area contributed by atoms with Gasteiger partial charge in [0.2, 0.25) is 5.95 Å². The summed E-state index contributed by atoms with van der Waals surface area (Å²) in [6.07, 6.45) is 3.36. The van der Waals surface area contributed by atoms with Gasteiger partial charge in [-0.05, 0) is 43.9 Å². The minimum atomic E-state index is 0.425. The van der Waals surface area contributed by atoms with E-state index in [0.29, 0.717) is 11.6 Å². The summed E-state index contributed by atoms with van der Waals surface area (Å²) in [7, 11) is 0. The van der Waals surface area contributed by atoms with Crippen LogP contribution >= 0.6 is 0 Å². The van der Waals surface area contributed by atoms with Crippen molar-refractivity contribution in [2.24, 2.45) is 0 Å². The quantitative estimate of drug-likeness (QED) is 0.794. The van der Waals surface area contributed by atoms with E-state index >= 15 is 0 Å². The monoisotopic (exact) mass is 264 g/mol. The molecule has 0 unspecified atom stereocenters. The molecule has 1 aliphatic rings. The minimum Gasteiger partial charge on any atom is -0.310 e. The number of aromatic nitrogens is 2. The van der Waals surface area contributed by atoms with Gasteiger partial charge in [0, 0.05) is 17.9 Å². The SMILES string of the molecule is Cc1cc(C#N)nc(N2CCCCc3ccccc32)n1. The first-order valence-electron chi connectivity index (χ1n) is 6.89. The maximum Gasteiger partial charge on any atom is 0.231 e. The number of benzene rings is 1. The molecule has 0 fully saturated rings. The second kappa shape index (κ2) is 5.30. The lowest BCUT2D eigenvalue weighted by atomic mass is 10.1. The van der Waals surface area contributed by atoms with Gasteiger partial charge in [0.1, 0.15) is 11.8 Å². The molecule has 0 saturated heterocycles. The van der Waals surface area contributed by atoms with Crippen LogP contribution in [-0.2, 0) is 6.42 Å². The summed E-state index contributed by atoms with van der Waals surface area (Å²) in [6.45, 7) is 2.79. The first-order chi connectivity index (χ1) is 9.78. The second-order valence-corrected chi connectivity index (χ2v) is 5.04. The Balaban J connectivity index is 2.10. The Labute approximate surface area is 118 Å². The van der Waals surface area contributed by atoms with E-state index in [1.807, 2.05) is 13.0 Å². The fourth-order valence-corrected chi connectivity index (χ4v) is 2.63. The zero-order chi connectivity index (χ0) is 13.9. The number of aryl methyl sites for hydroxylation is 2. The summed E-state index contributed by atoms with van der Waals surface area (Å²) in [4.78, 5) is 11.0. The molecule has 0 bridgehead atoms. The third kappa shape index (κ3) is 2.35. The topological polar surface area (TPSA) is 52.8 Å². The molecule has 0 N–H and O–H groups in total. The average molecular weight is 264 g/mol. The van der Waals surface area contributed by atoms with Gasteiger partial charge < -0.3 is 4.90 Å². The van der Waals surface area contributed by atoms with Crippen molar-refractivity contribution in [2.45, 2.75) is 26.2 Å². The van der Waals surface area contributed by atoms with Crippen LogP contribution in [0.3, 0.4) is 0 Å². The maximum atomic E-state index is 9.08. The van der Waals surface area contributed by atoms with Gasteiger partial charge in [0.05, 0.1) is 0 Å². The molecule has 1 aromatic carbocycles. The van der Waals surface area contributed by atoms with Crippen molar-refractivity contribution < 1.29 is 0 Å². The summed E-state index contributed by atoms with van der Waals surface area (Å²) in [5.74, 6) is 0.635. The zero-order valence-electron chi connectivity index (χ0n) is 11.5. The molecule has 4 heteroatoms. The van der Waals surface area contributed by atoms with Crippen LogP contribution in [0.15, 0.2) is 30.3 Å². The highest BCUT2D eigenvalue weighted by Crippen LogP contribution is 2.30. The van der Waals surface area contributed by atoms with Crippen LogP contribution in [0.5, 0.6) is 0 Å². The van der Waals surface area contributed by atoms with Gasteiger partial charge >= 0.3 is 0 Å². The molecule has 100 valence electrons. The Morgan fingerprint density at radius 2 is 2.05 bits per heavy atom. The lowest BCUT2D eigenvalue weighted by molar-refractivity contribution is 0.751. The molecule has 2 heterocycles. The summed E-state index contributed by atoms with van der Waals surface area (Å²) in [6, 6.07) is 12.2. The number of nitrogens with zero attached hydrogens (tertiary/aromatic N) is 4. The number of para-hydroxylation sites is 1. The van der Waals surface area contributed by atoms with Crippen LogP contribution in [0, 0.1) is 18.3 Å². The largest absolute Gasteiger partial charge is 0.310 e. The van der Waals surface area contributed by atoms with Crippen LogP contribution in [0.2, 0.25) is 0 Å². The molecule has 0 aliphatic carbocycles. The van der Waals surface area contributed by atoms with Gasteiger partial charge in [0.25, 0.3) is 0 Å². The number of fused-ring (bicyclic) bond motifs is 1. The standard InChI is InChI=1S/C16H16N4/c1-12-10-14(11-17)19-16(18-12)20-9-5-4-7-13-6-2-3-8-15(13)20/h2-3,6,8,10H,4-5,7,9H2,1H3. The Kier molecular flexibility index (Phi) is 3.34. The van der Waals surface area contributed by atoms with Crippen molar-refractivity contribution in [1.82, 2.24) is 9.97 Å². The molecule has 0 radical (unpaired) electrons. The first kappa shape index (κ1) is 12.6. The van der Waals surface area contributed by atoms with Crippen LogP contribution < -0.4 is 4.90 Å². The number of hydrogen-bond acceptors (Lipinski definition) is 4. The molecule has 1 aromatic heterocycles. The highest BCUT2D eigenvalue weighted by molar-refractivity contribution is 5.62. The second-order valence-electron chi connectivity index (χ2n) is 5.04. The minimum absolute atomic E-state index is 0.425. The van der Waals surface area contributed by atoms with Gasteiger partial charge in [-0.15, -0.1) is 0 Å². The molecule has 0 atom stereocenters. The molecule has 1 aliphatic heterocycles. The molecule has 20 heavy (non-hydrogen) atoms. The summed E-state index contributed by atoms with van der Waals surface area (Å²) in [5.41, 5.74) is 3.75. The number of hydrogen-bond donors (Lipinski definition) is 0. The van der Waals surface area contributed by atoms with Gasteiger partial charge in [-0.2, -0.15) is 5.26 Å². The van der Waals surface area contributed by atoms with E-state index < -0.39 is 0 Å². The lowest BCUT2D eigenvalue weighted by Crippen LogP contribution is -2.21. The molecule has 2 aromatic rings.